The number of hydrogen-bond donors (Lipinski definition) is 2. The van der Waals surface area contributed by atoms with E-state index in [2.05, 4.69) is 15.5 Å². The van der Waals surface area contributed by atoms with Crippen molar-refractivity contribution in [3.05, 3.63) is 29.6 Å². The summed E-state index contributed by atoms with van der Waals surface area (Å²) in [5.41, 5.74) is 0.686. The average Bonchev–Trinajstić information content (AvgIpc) is 2.82. The molecule has 4 nitrogen and oxygen atoms in total. The van der Waals surface area contributed by atoms with Gasteiger partial charge in [0.05, 0.1) is 11.3 Å². The number of nitrogens with one attached hydrogen (secondary N) is 2. The van der Waals surface area contributed by atoms with Gasteiger partial charge in [-0.1, -0.05) is 13.0 Å². The van der Waals surface area contributed by atoms with E-state index in [-0.39, 0.29) is 17.8 Å². The van der Waals surface area contributed by atoms with Crippen molar-refractivity contribution in [2.24, 2.45) is 0 Å². The molecule has 1 atom stereocenters. The molecule has 0 aliphatic carbocycles. The molecule has 0 saturated carbocycles. The highest BCUT2D eigenvalue weighted by Crippen LogP contribution is 2.20. The summed E-state index contributed by atoms with van der Waals surface area (Å²) in [4.78, 5) is 14.5. The molecule has 1 heterocycles. The highest BCUT2D eigenvalue weighted by molar-refractivity contribution is 5.99. The summed E-state index contributed by atoms with van der Waals surface area (Å²) in [5, 5.41) is 5.98. The first-order valence-corrected chi connectivity index (χ1v) is 7.13. The summed E-state index contributed by atoms with van der Waals surface area (Å²) in [5.74, 6) is -0.585. The molecule has 110 valence electrons. The van der Waals surface area contributed by atoms with Gasteiger partial charge >= 0.3 is 0 Å². The first kappa shape index (κ1) is 14.8. The Bertz CT molecular complexity index is 478. The van der Waals surface area contributed by atoms with Crippen molar-refractivity contribution >= 4 is 11.6 Å². The summed E-state index contributed by atoms with van der Waals surface area (Å²) in [6.45, 7) is 4.48. The van der Waals surface area contributed by atoms with Crippen LogP contribution in [0.1, 0.15) is 30.1 Å². The number of halogens is 1. The number of nitrogens with zero attached hydrogens (tertiary/aromatic N) is 1. The van der Waals surface area contributed by atoms with Crippen molar-refractivity contribution in [1.29, 1.82) is 0 Å². The molecule has 20 heavy (non-hydrogen) atoms. The van der Waals surface area contributed by atoms with Crippen molar-refractivity contribution in [3.8, 4) is 0 Å². The molecule has 5 heteroatoms. The number of anilines is 1. The average molecular weight is 279 g/mol. The third kappa shape index (κ3) is 3.48. The van der Waals surface area contributed by atoms with Crippen molar-refractivity contribution in [2.75, 3.05) is 32.0 Å². The van der Waals surface area contributed by atoms with E-state index in [1.165, 1.54) is 6.07 Å². The lowest BCUT2D eigenvalue weighted by molar-refractivity contribution is 0.0939. The molecule has 0 radical (unpaired) electrons. The summed E-state index contributed by atoms with van der Waals surface area (Å²) in [7, 11) is 2.03. The van der Waals surface area contributed by atoms with Crippen LogP contribution >= 0.6 is 0 Å². The zero-order chi connectivity index (χ0) is 14.5. The Morgan fingerprint density at radius 1 is 1.50 bits per heavy atom. The number of carbonyl (C=O) groups is 1. The molecular formula is C15H22FN3O. The molecule has 1 amide bonds. The molecule has 1 aliphatic heterocycles. The van der Waals surface area contributed by atoms with Crippen LogP contribution in [0.25, 0.3) is 0 Å². The van der Waals surface area contributed by atoms with E-state index in [0.29, 0.717) is 17.8 Å². The van der Waals surface area contributed by atoms with Gasteiger partial charge in [-0.2, -0.15) is 0 Å². The van der Waals surface area contributed by atoms with Crippen molar-refractivity contribution in [1.82, 2.24) is 10.2 Å². The molecule has 1 fully saturated rings. The standard InChI is InChI=1S/C15H22FN3O/c1-3-8-17-14-12(5-4-6-13(14)16)15(20)18-11-7-9-19(2)10-11/h4-6,11,17H,3,7-10H2,1-2H3,(H,18,20). The Kier molecular flexibility index (Phi) is 4.95. The minimum atomic E-state index is -0.380. The smallest absolute Gasteiger partial charge is 0.253 e. The second-order valence-electron chi connectivity index (χ2n) is 5.31. The van der Waals surface area contributed by atoms with Gasteiger partial charge in [-0.05, 0) is 38.6 Å². The Morgan fingerprint density at radius 3 is 2.95 bits per heavy atom. The van der Waals surface area contributed by atoms with Crippen LogP contribution in [-0.4, -0.2) is 43.5 Å². The first-order valence-electron chi connectivity index (χ1n) is 7.13. The second-order valence-corrected chi connectivity index (χ2v) is 5.31. The first-order chi connectivity index (χ1) is 9.61. The van der Waals surface area contributed by atoms with E-state index in [1.807, 2.05) is 14.0 Å². The topological polar surface area (TPSA) is 44.4 Å². The summed E-state index contributed by atoms with van der Waals surface area (Å²) in [6, 6.07) is 4.75. The van der Waals surface area contributed by atoms with Crippen LogP contribution in [0.2, 0.25) is 0 Å². The van der Waals surface area contributed by atoms with E-state index >= 15 is 0 Å². The fourth-order valence-corrected chi connectivity index (χ4v) is 2.46. The van der Waals surface area contributed by atoms with Gasteiger partial charge in [0.25, 0.3) is 5.91 Å². The normalized spacial score (nSPS) is 19.1. The molecule has 2 N–H and O–H groups in total. The SMILES string of the molecule is CCCNc1c(F)cccc1C(=O)NC1CCN(C)C1. The minimum absolute atomic E-state index is 0.148. The molecule has 1 aliphatic rings. The van der Waals surface area contributed by atoms with Gasteiger partial charge in [-0.15, -0.1) is 0 Å². The number of amides is 1. The lowest BCUT2D eigenvalue weighted by Crippen LogP contribution is -2.36. The molecule has 1 unspecified atom stereocenters. The maximum absolute atomic E-state index is 13.9. The monoisotopic (exact) mass is 279 g/mol. The number of carbonyl (C=O) groups excluding carboxylic acids is 1. The molecule has 1 saturated heterocycles. The zero-order valence-corrected chi connectivity index (χ0v) is 12.1. The Morgan fingerprint density at radius 2 is 2.30 bits per heavy atom. The highest BCUT2D eigenvalue weighted by Gasteiger charge is 2.23. The molecule has 0 bridgehead atoms. The van der Waals surface area contributed by atoms with Crippen molar-refractivity contribution in [3.63, 3.8) is 0 Å². The molecule has 1 aromatic rings. The predicted molar refractivity (Wildman–Crippen MR) is 78.5 cm³/mol. The van der Waals surface area contributed by atoms with Gasteiger partial charge in [0.15, 0.2) is 0 Å². The second kappa shape index (κ2) is 6.70. The molecule has 2 rings (SSSR count). The van der Waals surface area contributed by atoms with E-state index < -0.39 is 0 Å². The van der Waals surface area contributed by atoms with Crippen LogP contribution < -0.4 is 10.6 Å². The van der Waals surface area contributed by atoms with Gasteiger partial charge in [-0.3, -0.25) is 4.79 Å². The number of benzene rings is 1. The summed E-state index contributed by atoms with van der Waals surface area (Å²) < 4.78 is 13.9. The van der Waals surface area contributed by atoms with E-state index in [4.69, 9.17) is 0 Å². The van der Waals surface area contributed by atoms with Gasteiger partial charge in [-0.25, -0.2) is 4.39 Å². The van der Waals surface area contributed by atoms with E-state index in [0.717, 1.165) is 25.9 Å². The zero-order valence-electron chi connectivity index (χ0n) is 12.1. The quantitative estimate of drug-likeness (QED) is 0.867. The van der Waals surface area contributed by atoms with Gasteiger partial charge in [0, 0.05) is 19.1 Å². The molecule has 0 aromatic heterocycles. The van der Waals surface area contributed by atoms with Crippen LogP contribution in [0.3, 0.4) is 0 Å². The minimum Gasteiger partial charge on any atom is -0.382 e. The Labute approximate surface area is 119 Å². The predicted octanol–water partition coefficient (Wildman–Crippen LogP) is 2.08. The third-order valence-corrected chi connectivity index (χ3v) is 3.54. The maximum atomic E-state index is 13.9. The van der Waals surface area contributed by atoms with E-state index in [1.54, 1.807) is 12.1 Å². The maximum Gasteiger partial charge on any atom is 0.253 e. The largest absolute Gasteiger partial charge is 0.382 e. The highest BCUT2D eigenvalue weighted by atomic mass is 19.1. The molecular weight excluding hydrogens is 257 g/mol. The van der Waals surface area contributed by atoms with Crippen LogP contribution in [0, 0.1) is 5.82 Å². The fourth-order valence-electron chi connectivity index (χ4n) is 2.46. The van der Waals surface area contributed by atoms with Crippen LogP contribution in [0.15, 0.2) is 18.2 Å². The lowest BCUT2D eigenvalue weighted by atomic mass is 10.1. The fraction of sp³-hybridized carbons (Fsp3) is 0.533. The number of para-hydroxylation sites is 1. The number of likely N-dealkylation sites (tertiary alicyclic amines) is 1. The van der Waals surface area contributed by atoms with Crippen LogP contribution in [0.4, 0.5) is 10.1 Å². The lowest BCUT2D eigenvalue weighted by Gasteiger charge is -2.16. The van der Waals surface area contributed by atoms with Crippen molar-refractivity contribution in [2.45, 2.75) is 25.8 Å². The number of rotatable bonds is 5. The van der Waals surface area contributed by atoms with Gasteiger partial charge in [0.1, 0.15) is 5.82 Å². The summed E-state index contributed by atoms with van der Waals surface area (Å²) >= 11 is 0. The van der Waals surface area contributed by atoms with Gasteiger partial charge < -0.3 is 15.5 Å². The molecule has 1 aromatic carbocycles. The molecule has 0 spiro atoms. The van der Waals surface area contributed by atoms with E-state index in [9.17, 15) is 9.18 Å². The number of likely N-dealkylation sites (N-methyl/N-ethyl adjacent to an activating group) is 1. The summed E-state index contributed by atoms with van der Waals surface area (Å²) in [6.07, 6.45) is 1.82. The van der Waals surface area contributed by atoms with Gasteiger partial charge in [0.2, 0.25) is 0 Å². The Hall–Kier alpha value is -1.62. The number of hydrogen-bond acceptors (Lipinski definition) is 3. The van der Waals surface area contributed by atoms with Crippen LogP contribution in [0.5, 0.6) is 0 Å². The third-order valence-electron chi connectivity index (χ3n) is 3.54. The Balaban J connectivity index is 2.10. The van der Waals surface area contributed by atoms with Crippen LogP contribution in [-0.2, 0) is 0 Å². The van der Waals surface area contributed by atoms with Crippen molar-refractivity contribution < 1.29 is 9.18 Å².